The lowest BCUT2D eigenvalue weighted by Crippen LogP contribution is -2.35. The minimum Gasteiger partial charge on any atom is -0.492 e. The van der Waals surface area contributed by atoms with Gasteiger partial charge in [-0.25, -0.2) is 8.42 Å². The molecule has 1 unspecified atom stereocenters. The summed E-state index contributed by atoms with van der Waals surface area (Å²) in [4.78, 5) is 13.0. The molecule has 34 heavy (non-hydrogen) atoms. The van der Waals surface area contributed by atoms with Gasteiger partial charge in [-0.1, -0.05) is 12.5 Å². The van der Waals surface area contributed by atoms with E-state index in [1.807, 2.05) is 0 Å². The van der Waals surface area contributed by atoms with Crippen molar-refractivity contribution in [3.05, 3.63) is 48.0 Å². The van der Waals surface area contributed by atoms with E-state index in [-0.39, 0.29) is 22.7 Å². The monoisotopic (exact) mass is 488 g/mol. The Morgan fingerprint density at radius 1 is 1.09 bits per heavy atom. The molecule has 0 aromatic heterocycles. The molecule has 0 radical (unpaired) electrons. The number of sulfonamides is 1. The van der Waals surface area contributed by atoms with E-state index in [0.717, 1.165) is 38.7 Å². The second kappa shape index (κ2) is 11.2. The fraction of sp³-hybridized carbons (Fsp3) is 0.480. The van der Waals surface area contributed by atoms with Crippen LogP contribution in [0.5, 0.6) is 11.5 Å². The van der Waals surface area contributed by atoms with Crippen LogP contribution in [0.15, 0.2) is 47.4 Å². The molecule has 2 aromatic carbocycles. The first-order valence-electron chi connectivity index (χ1n) is 11.9. The topological polar surface area (TPSA) is 94.2 Å². The predicted molar refractivity (Wildman–Crippen MR) is 129 cm³/mol. The number of ether oxygens (including phenoxy) is 3. The smallest absolute Gasteiger partial charge is 0.255 e. The Kier molecular flexibility index (Phi) is 8.07. The van der Waals surface area contributed by atoms with E-state index in [0.29, 0.717) is 43.3 Å². The van der Waals surface area contributed by atoms with Gasteiger partial charge in [0.05, 0.1) is 12.7 Å². The largest absolute Gasteiger partial charge is 0.492 e. The van der Waals surface area contributed by atoms with Gasteiger partial charge < -0.3 is 19.5 Å². The van der Waals surface area contributed by atoms with Crippen molar-refractivity contribution in [1.29, 1.82) is 0 Å². The van der Waals surface area contributed by atoms with Crippen molar-refractivity contribution in [2.45, 2.75) is 50.0 Å². The second-order valence-electron chi connectivity index (χ2n) is 8.49. The fourth-order valence-electron chi connectivity index (χ4n) is 4.20. The molecule has 8 nitrogen and oxygen atoms in total. The van der Waals surface area contributed by atoms with Gasteiger partial charge >= 0.3 is 0 Å². The van der Waals surface area contributed by atoms with Gasteiger partial charge in [-0.15, -0.1) is 0 Å². The van der Waals surface area contributed by atoms with Crippen molar-refractivity contribution < 1.29 is 27.4 Å². The highest BCUT2D eigenvalue weighted by Gasteiger charge is 2.29. The summed E-state index contributed by atoms with van der Waals surface area (Å²) in [5, 5.41) is 2.81. The number of anilines is 1. The van der Waals surface area contributed by atoms with Gasteiger partial charge in [-0.3, -0.25) is 4.79 Å². The average Bonchev–Trinajstić information content (AvgIpc) is 3.38. The molecular weight excluding hydrogens is 456 g/mol. The third-order valence-corrected chi connectivity index (χ3v) is 7.91. The summed E-state index contributed by atoms with van der Waals surface area (Å²) < 4.78 is 45.1. The van der Waals surface area contributed by atoms with E-state index < -0.39 is 10.0 Å². The molecule has 9 heteroatoms. The third kappa shape index (κ3) is 5.89. The van der Waals surface area contributed by atoms with Crippen LogP contribution in [-0.2, 0) is 14.8 Å². The quantitative estimate of drug-likeness (QED) is 0.572. The number of benzene rings is 2. The Balaban J connectivity index is 1.50. The van der Waals surface area contributed by atoms with Crippen LogP contribution in [0.4, 0.5) is 5.69 Å². The van der Waals surface area contributed by atoms with E-state index >= 15 is 0 Å². The van der Waals surface area contributed by atoms with Gasteiger partial charge in [-0.05, 0) is 69.0 Å². The van der Waals surface area contributed by atoms with Crippen molar-refractivity contribution in [2.24, 2.45) is 0 Å². The molecule has 1 N–H and O–H groups in total. The Hall–Kier alpha value is -2.62. The maximum Gasteiger partial charge on any atom is 0.255 e. The maximum absolute atomic E-state index is 13.3. The van der Waals surface area contributed by atoms with Crippen LogP contribution in [-0.4, -0.2) is 57.6 Å². The first-order valence-corrected chi connectivity index (χ1v) is 13.3. The summed E-state index contributed by atoms with van der Waals surface area (Å²) >= 11 is 0. The number of carbonyl (C=O) groups excluding carboxylic acids is 1. The predicted octanol–water partition coefficient (Wildman–Crippen LogP) is 4.07. The zero-order chi connectivity index (χ0) is 24.0. The summed E-state index contributed by atoms with van der Waals surface area (Å²) in [5.41, 5.74) is 0.800. The first-order chi connectivity index (χ1) is 16.5. The molecule has 184 valence electrons. The van der Waals surface area contributed by atoms with Crippen molar-refractivity contribution in [1.82, 2.24) is 4.31 Å². The molecule has 0 spiro atoms. The van der Waals surface area contributed by atoms with Crippen LogP contribution < -0.4 is 14.8 Å². The lowest BCUT2D eigenvalue weighted by molar-refractivity contribution is 0.0679. The molecule has 2 aliphatic rings. The number of nitrogens with zero attached hydrogens (tertiary/aromatic N) is 1. The molecule has 1 atom stereocenters. The summed E-state index contributed by atoms with van der Waals surface area (Å²) in [7, 11) is -3.73. The van der Waals surface area contributed by atoms with Crippen LogP contribution in [0, 0.1) is 0 Å². The average molecular weight is 489 g/mol. The molecular formula is C25H32N2O6S. The third-order valence-electron chi connectivity index (χ3n) is 5.99. The number of hydrogen-bond acceptors (Lipinski definition) is 6. The van der Waals surface area contributed by atoms with Crippen LogP contribution in [0.3, 0.4) is 0 Å². The summed E-state index contributed by atoms with van der Waals surface area (Å²) in [6.07, 6.45) is 4.79. The molecule has 0 bridgehead atoms. The van der Waals surface area contributed by atoms with E-state index in [1.165, 1.54) is 10.4 Å². The lowest BCUT2D eigenvalue weighted by atomic mass is 10.2. The Bertz CT molecular complexity index is 1090. The number of amides is 1. The Morgan fingerprint density at radius 2 is 1.91 bits per heavy atom. The number of piperidine rings is 1. The van der Waals surface area contributed by atoms with Crippen molar-refractivity contribution in [2.75, 3.05) is 38.2 Å². The highest BCUT2D eigenvalue weighted by Crippen LogP contribution is 2.31. The minimum atomic E-state index is -3.73. The maximum atomic E-state index is 13.3. The van der Waals surface area contributed by atoms with Gasteiger partial charge in [0.1, 0.15) is 23.0 Å². The highest BCUT2D eigenvalue weighted by molar-refractivity contribution is 7.89. The molecule has 0 saturated carbocycles. The number of rotatable bonds is 9. The molecule has 2 saturated heterocycles. The zero-order valence-corrected chi connectivity index (χ0v) is 20.3. The van der Waals surface area contributed by atoms with E-state index in [2.05, 4.69) is 5.32 Å². The Morgan fingerprint density at radius 3 is 2.65 bits per heavy atom. The number of carbonyl (C=O) groups is 1. The molecule has 2 heterocycles. The lowest BCUT2D eigenvalue weighted by Gasteiger charge is -2.27. The van der Waals surface area contributed by atoms with Gasteiger partial charge in [0.25, 0.3) is 5.91 Å². The number of nitrogens with one attached hydrogen (secondary N) is 1. The minimum absolute atomic E-state index is 0.0719. The normalized spacial score (nSPS) is 19.0. The van der Waals surface area contributed by atoms with Crippen LogP contribution >= 0.6 is 0 Å². The summed E-state index contributed by atoms with van der Waals surface area (Å²) in [6.45, 7) is 4.33. The van der Waals surface area contributed by atoms with Crippen LogP contribution in [0.25, 0.3) is 0 Å². The van der Waals surface area contributed by atoms with Crippen molar-refractivity contribution >= 4 is 21.6 Å². The van der Waals surface area contributed by atoms with Crippen LogP contribution in [0.2, 0.25) is 0 Å². The molecule has 1 amide bonds. The number of hydrogen-bond donors (Lipinski definition) is 1. The second-order valence-corrected chi connectivity index (χ2v) is 10.4. The molecule has 0 aliphatic carbocycles. The van der Waals surface area contributed by atoms with E-state index in [9.17, 15) is 13.2 Å². The molecule has 2 fully saturated rings. The van der Waals surface area contributed by atoms with E-state index in [1.54, 1.807) is 43.3 Å². The van der Waals surface area contributed by atoms with E-state index in [4.69, 9.17) is 14.2 Å². The molecule has 2 aromatic rings. The van der Waals surface area contributed by atoms with Gasteiger partial charge in [0.2, 0.25) is 10.0 Å². The SMILES string of the molecule is CCOc1ccc(NC(=O)c2cccc(OCC3CCCO3)c2)cc1S(=O)(=O)N1CCCCC1. The van der Waals surface area contributed by atoms with Crippen molar-refractivity contribution in [3.63, 3.8) is 0 Å². The zero-order valence-electron chi connectivity index (χ0n) is 19.5. The highest BCUT2D eigenvalue weighted by atomic mass is 32.2. The van der Waals surface area contributed by atoms with Gasteiger partial charge in [0.15, 0.2) is 0 Å². The standard InChI is InChI=1S/C25H32N2O6S/c1-2-31-23-12-11-20(17-24(23)34(29,30)27-13-4-3-5-14-27)26-25(28)19-8-6-9-21(16-19)33-18-22-10-7-15-32-22/h6,8-9,11-12,16-17,22H,2-5,7,10,13-15,18H2,1H3,(H,26,28). The summed E-state index contributed by atoms with van der Waals surface area (Å²) in [6, 6.07) is 11.6. The molecule has 4 rings (SSSR count). The van der Waals surface area contributed by atoms with Crippen molar-refractivity contribution in [3.8, 4) is 11.5 Å². The van der Waals surface area contributed by atoms with Gasteiger partial charge in [0, 0.05) is 30.9 Å². The van der Waals surface area contributed by atoms with Gasteiger partial charge in [-0.2, -0.15) is 4.31 Å². The molecule has 2 aliphatic heterocycles. The van der Waals surface area contributed by atoms with Crippen LogP contribution in [0.1, 0.15) is 49.4 Å². The Labute approximate surface area is 201 Å². The fourth-order valence-corrected chi connectivity index (χ4v) is 5.88. The summed E-state index contributed by atoms with van der Waals surface area (Å²) in [5.74, 6) is 0.520. The first kappa shape index (κ1) is 24.5.